The van der Waals surface area contributed by atoms with E-state index in [0.29, 0.717) is 21.6 Å². The Balaban J connectivity index is 2.17. The van der Waals surface area contributed by atoms with Gasteiger partial charge in [-0.25, -0.2) is 0 Å². The fourth-order valence-electron chi connectivity index (χ4n) is 1.86. The van der Waals surface area contributed by atoms with E-state index < -0.39 is 0 Å². The number of benzene rings is 2. The summed E-state index contributed by atoms with van der Waals surface area (Å²) in [5.74, 6) is 0.543. The van der Waals surface area contributed by atoms with Crippen molar-refractivity contribution in [1.29, 1.82) is 0 Å². The minimum Gasteiger partial charge on any atom is -0.398 e. The molecule has 0 spiro atoms. The zero-order valence-electron chi connectivity index (χ0n) is 10.5. The van der Waals surface area contributed by atoms with Crippen LogP contribution in [0, 0.1) is 0 Å². The largest absolute Gasteiger partial charge is 0.398 e. The smallest absolute Gasteiger partial charge is 0.187 e. The lowest BCUT2D eigenvalue weighted by atomic mass is 10.2. The van der Waals surface area contributed by atoms with Crippen LogP contribution in [-0.4, -0.2) is 20.2 Å². The summed E-state index contributed by atoms with van der Waals surface area (Å²) in [6.45, 7) is 0. The summed E-state index contributed by atoms with van der Waals surface area (Å²) in [5.41, 5.74) is 7.79. The lowest BCUT2D eigenvalue weighted by Crippen LogP contribution is -2.01. The summed E-state index contributed by atoms with van der Waals surface area (Å²) in [7, 11) is 0. The molecule has 1 heterocycles. The second-order valence-corrected chi connectivity index (χ2v) is 5.94. The molecule has 0 fully saturated rings. The predicted molar refractivity (Wildman–Crippen MR) is 86.7 cm³/mol. The zero-order chi connectivity index (χ0) is 15.0. The van der Waals surface area contributed by atoms with E-state index >= 15 is 0 Å². The Hall–Kier alpha value is -1.63. The topological polar surface area (TPSA) is 69.6 Å². The van der Waals surface area contributed by atoms with Gasteiger partial charge in [-0.2, -0.15) is 4.68 Å². The van der Waals surface area contributed by atoms with E-state index in [-0.39, 0.29) is 0 Å². The summed E-state index contributed by atoms with van der Waals surface area (Å²) in [4.78, 5) is 0. The molecule has 2 N–H and O–H groups in total. The predicted octanol–water partition coefficient (Wildman–Crippen LogP) is 3.98. The average Bonchev–Trinajstić information content (AvgIpc) is 2.93. The molecule has 0 bridgehead atoms. The molecular formula is C13H8BrCl2N5. The summed E-state index contributed by atoms with van der Waals surface area (Å²) in [5, 5.41) is 12.9. The molecule has 0 unspecified atom stereocenters. The van der Waals surface area contributed by atoms with Crippen LogP contribution in [0.4, 0.5) is 5.69 Å². The van der Waals surface area contributed by atoms with Crippen LogP contribution in [-0.2, 0) is 0 Å². The van der Waals surface area contributed by atoms with E-state index in [9.17, 15) is 0 Å². The second-order valence-electron chi connectivity index (χ2n) is 4.25. The number of aromatic nitrogens is 4. The fourth-order valence-corrected chi connectivity index (χ4v) is 2.56. The molecule has 21 heavy (non-hydrogen) atoms. The molecule has 8 heteroatoms. The van der Waals surface area contributed by atoms with Crippen LogP contribution in [0.3, 0.4) is 0 Å². The van der Waals surface area contributed by atoms with Gasteiger partial charge in [0.15, 0.2) is 5.82 Å². The number of nitrogens with two attached hydrogens (primary N) is 1. The van der Waals surface area contributed by atoms with Gasteiger partial charge in [0.1, 0.15) is 0 Å². The van der Waals surface area contributed by atoms with Gasteiger partial charge in [0.05, 0.1) is 16.4 Å². The molecule has 0 aliphatic carbocycles. The van der Waals surface area contributed by atoms with Gasteiger partial charge in [-0.1, -0.05) is 23.2 Å². The van der Waals surface area contributed by atoms with Crippen LogP contribution < -0.4 is 5.73 Å². The molecule has 0 amide bonds. The highest BCUT2D eigenvalue weighted by Gasteiger charge is 2.14. The molecule has 0 saturated heterocycles. The van der Waals surface area contributed by atoms with Crippen molar-refractivity contribution in [3.05, 3.63) is 50.9 Å². The lowest BCUT2D eigenvalue weighted by molar-refractivity contribution is 0.789. The van der Waals surface area contributed by atoms with Gasteiger partial charge in [0.2, 0.25) is 0 Å². The molecule has 3 rings (SSSR count). The number of rotatable bonds is 2. The highest BCUT2D eigenvalue weighted by atomic mass is 79.9. The first-order chi connectivity index (χ1) is 10.1. The summed E-state index contributed by atoms with van der Waals surface area (Å²) < 4.78 is 2.40. The van der Waals surface area contributed by atoms with Gasteiger partial charge < -0.3 is 5.73 Å². The molecule has 0 atom stereocenters. The van der Waals surface area contributed by atoms with Crippen LogP contribution in [0.2, 0.25) is 10.0 Å². The standard InChI is InChI=1S/C13H8BrCl2N5/c14-9-3-2-8(15)6-12(9)21-13(18-19-20-21)7-1-4-10(16)11(17)5-7/h1-6H,17H2. The highest BCUT2D eigenvalue weighted by molar-refractivity contribution is 9.10. The monoisotopic (exact) mass is 383 g/mol. The van der Waals surface area contributed by atoms with Crippen molar-refractivity contribution in [2.75, 3.05) is 5.73 Å². The number of halogens is 3. The summed E-state index contributed by atoms with van der Waals surface area (Å²) in [6.07, 6.45) is 0. The number of tetrazole rings is 1. The van der Waals surface area contributed by atoms with Crippen molar-refractivity contribution in [3.63, 3.8) is 0 Å². The number of hydrogen-bond acceptors (Lipinski definition) is 4. The minimum absolute atomic E-state index is 0.467. The Morgan fingerprint density at radius 2 is 1.90 bits per heavy atom. The maximum atomic E-state index is 6.04. The Morgan fingerprint density at radius 1 is 1.10 bits per heavy atom. The maximum absolute atomic E-state index is 6.04. The molecule has 106 valence electrons. The van der Waals surface area contributed by atoms with Crippen LogP contribution in [0.5, 0.6) is 0 Å². The van der Waals surface area contributed by atoms with Crippen LogP contribution in [0.25, 0.3) is 17.1 Å². The lowest BCUT2D eigenvalue weighted by Gasteiger charge is -2.08. The Labute approximate surface area is 138 Å². The van der Waals surface area contributed by atoms with Crippen molar-refractivity contribution >= 4 is 44.8 Å². The Bertz CT molecular complexity index is 818. The molecule has 0 aliphatic rings. The van der Waals surface area contributed by atoms with E-state index in [1.807, 2.05) is 6.07 Å². The number of nitrogens with zero attached hydrogens (tertiary/aromatic N) is 4. The third-order valence-electron chi connectivity index (χ3n) is 2.86. The quantitative estimate of drug-likeness (QED) is 0.678. The normalized spacial score (nSPS) is 10.8. The number of hydrogen-bond donors (Lipinski definition) is 1. The highest BCUT2D eigenvalue weighted by Crippen LogP contribution is 2.29. The molecule has 1 aromatic heterocycles. The Kier molecular flexibility index (Phi) is 3.84. The maximum Gasteiger partial charge on any atom is 0.187 e. The molecule has 3 aromatic rings. The SMILES string of the molecule is Nc1cc(-c2nnnn2-c2cc(Cl)ccc2Br)ccc1Cl. The van der Waals surface area contributed by atoms with Gasteiger partial charge >= 0.3 is 0 Å². The van der Waals surface area contributed by atoms with Crippen molar-refractivity contribution in [2.24, 2.45) is 0 Å². The van der Waals surface area contributed by atoms with Gasteiger partial charge in [0, 0.05) is 15.1 Å². The van der Waals surface area contributed by atoms with Crippen molar-refractivity contribution in [2.45, 2.75) is 0 Å². The first kappa shape index (κ1) is 14.3. The van der Waals surface area contributed by atoms with E-state index in [1.165, 1.54) is 0 Å². The molecule has 0 radical (unpaired) electrons. The molecule has 0 saturated carbocycles. The first-order valence-corrected chi connectivity index (χ1v) is 7.40. The van der Waals surface area contributed by atoms with Gasteiger partial charge in [0.25, 0.3) is 0 Å². The molecular weight excluding hydrogens is 377 g/mol. The van der Waals surface area contributed by atoms with Crippen molar-refractivity contribution in [3.8, 4) is 17.1 Å². The van der Waals surface area contributed by atoms with E-state index in [2.05, 4.69) is 31.5 Å². The first-order valence-electron chi connectivity index (χ1n) is 5.85. The van der Waals surface area contributed by atoms with Crippen molar-refractivity contribution in [1.82, 2.24) is 20.2 Å². The van der Waals surface area contributed by atoms with Crippen LogP contribution >= 0.6 is 39.1 Å². The fraction of sp³-hybridized carbons (Fsp3) is 0. The van der Waals surface area contributed by atoms with Gasteiger partial charge in [-0.3, -0.25) is 0 Å². The number of anilines is 1. The van der Waals surface area contributed by atoms with E-state index in [4.69, 9.17) is 28.9 Å². The van der Waals surface area contributed by atoms with Gasteiger partial charge in [-0.05, 0) is 62.8 Å². The average molecular weight is 385 g/mol. The number of nitrogen functional groups attached to an aromatic ring is 1. The summed E-state index contributed by atoms with van der Waals surface area (Å²) >= 11 is 15.4. The Morgan fingerprint density at radius 3 is 2.67 bits per heavy atom. The molecule has 5 nitrogen and oxygen atoms in total. The summed E-state index contributed by atoms with van der Waals surface area (Å²) in [6, 6.07) is 10.6. The third kappa shape index (κ3) is 2.74. The molecule has 2 aromatic carbocycles. The van der Waals surface area contributed by atoms with Crippen molar-refractivity contribution < 1.29 is 0 Å². The van der Waals surface area contributed by atoms with Crippen LogP contribution in [0.15, 0.2) is 40.9 Å². The third-order valence-corrected chi connectivity index (χ3v) is 4.11. The van der Waals surface area contributed by atoms with Crippen LogP contribution in [0.1, 0.15) is 0 Å². The van der Waals surface area contributed by atoms with E-state index in [1.54, 1.807) is 35.0 Å². The molecule has 0 aliphatic heterocycles. The van der Waals surface area contributed by atoms with E-state index in [0.717, 1.165) is 15.7 Å². The minimum atomic E-state index is 0.467. The zero-order valence-corrected chi connectivity index (χ0v) is 13.6. The second kappa shape index (κ2) is 5.63. The van der Waals surface area contributed by atoms with Gasteiger partial charge in [-0.15, -0.1) is 5.10 Å².